The summed E-state index contributed by atoms with van der Waals surface area (Å²) in [5.41, 5.74) is 2.90. The van der Waals surface area contributed by atoms with E-state index in [0.29, 0.717) is 12.0 Å². The Kier molecular flexibility index (Phi) is 4.87. The minimum Gasteiger partial charge on any atom is -0.494 e. The molecule has 0 fully saturated rings. The zero-order chi connectivity index (χ0) is 13.8. The van der Waals surface area contributed by atoms with E-state index in [1.54, 1.807) is 0 Å². The summed E-state index contributed by atoms with van der Waals surface area (Å²) >= 11 is 0. The predicted molar refractivity (Wildman–Crippen MR) is 80.7 cm³/mol. The normalized spacial score (nSPS) is 22.4. The number of rotatable bonds is 5. The number of ether oxygens (including phenoxy) is 1. The molecule has 0 amide bonds. The zero-order valence-corrected chi connectivity index (χ0v) is 12.7. The number of nitrogens with one attached hydrogen (secondary N) is 1. The molecular formula is C17H27NO. The Morgan fingerprint density at radius 2 is 2.16 bits per heavy atom. The monoisotopic (exact) mass is 261 g/mol. The molecular weight excluding hydrogens is 234 g/mol. The molecule has 0 aliphatic carbocycles. The largest absolute Gasteiger partial charge is 0.494 e. The van der Waals surface area contributed by atoms with Gasteiger partial charge in [-0.2, -0.15) is 0 Å². The summed E-state index contributed by atoms with van der Waals surface area (Å²) in [5, 5.41) is 3.68. The lowest BCUT2D eigenvalue weighted by Gasteiger charge is -2.33. The van der Waals surface area contributed by atoms with E-state index in [0.717, 1.165) is 31.2 Å². The van der Waals surface area contributed by atoms with Crippen molar-refractivity contribution in [1.29, 1.82) is 0 Å². The van der Waals surface area contributed by atoms with Crippen LogP contribution in [0.3, 0.4) is 0 Å². The van der Waals surface area contributed by atoms with Crippen LogP contribution >= 0.6 is 0 Å². The molecule has 1 aliphatic heterocycles. The maximum absolute atomic E-state index is 5.72. The van der Waals surface area contributed by atoms with Crippen LogP contribution in [0.15, 0.2) is 18.2 Å². The third kappa shape index (κ3) is 3.50. The fourth-order valence-corrected chi connectivity index (χ4v) is 2.92. The summed E-state index contributed by atoms with van der Waals surface area (Å²) in [7, 11) is 0. The van der Waals surface area contributed by atoms with Crippen LogP contribution in [0.5, 0.6) is 5.75 Å². The molecule has 2 nitrogen and oxygen atoms in total. The highest BCUT2D eigenvalue weighted by Gasteiger charge is 2.26. The van der Waals surface area contributed by atoms with Crippen LogP contribution in [0.2, 0.25) is 0 Å². The standard InChI is InChI=1S/C17H27NO/c1-5-8-19-15-6-7-16-13(4)17(9-12(2)3)18-11-14(16)10-15/h6-7,10,12-13,17-18H,5,8-9,11H2,1-4H3. The van der Waals surface area contributed by atoms with E-state index in [1.165, 1.54) is 17.5 Å². The summed E-state index contributed by atoms with van der Waals surface area (Å²) in [5.74, 6) is 2.34. The molecule has 2 atom stereocenters. The van der Waals surface area contributed by atoms with Gasteiger partial charge in [0.25, 0.3) is 0 Å². The third-order valence-corrected chi connectivity index (χ3v) is 3.96. The van der Waals surface area contributed by atoms with E-state index < -0.39 is 0 Å². The molecule has 0 aromatic heterocycles. The molecule has 0 radical (unpaired) electrons. The smallest absolute Gasteiger partial charge is 0.119 e. The fourth-order valence-electron chi connectivity index (χ4n) is 2.92. The molecule has 0 saturated carbocycles. The van der Waals surface area contributed by atoms with E-state index in [4.69, 9.17) is 4.74 Å². The predicted octanol–water partition coefficient (Wildman–Crippen LogP) is 4.10. The molecule has 1 aromatic carbocycles. The molecule has 19 heavy (non-hydrogen) atoms. The molecule has 106 valence electrons. The molecule has 0 bridgehead atoms. The Balaban J connectivity index is 2.11. The Bertz CT molecular complexity index is 414. The van der Waals surface area contributed by atoms with E-state index in [2.05, 4.69) is 51.2 Å². The second kappa shape index (κ2) is 6.42. The van der Waals surface area contributed by atoms with Crippen LogP contribution in [0.4, 0.5) is 0 Å². The maximum atomic E-state index is 5.72. The van der Waals surface area contributed by atoms with E-state index >= 15 is 0 Å². The van der Waals surface area contributed by atoms with Crippen molar-refractivity contribution >= 4 is 0 Å². The molecule has 2 unspecified atom stereocenters. The van der Waals surface area contributed by atoms with Crippen molar-refractivity contribution in [3.05, 3.63) is 29.3 Å². The number of benzene rings is 1. The average Bonchev–Trinajstić information content (AvgIpc) is 2.39. The van der Waals surface area contributed by atoms with Crippen LogP contribution < -0.4 is 10.1 Å². The minimum atomic E-state index is 0.589. The molecule has 0 saturated heterocycles. The van der Waals surface area contributed by atoms with E-state index in [9.17, 15) is 0 Å². The highest BCUT2D eigenvalue weighted by molar-refractivity contribution is 5.39. The molecule has 0 spiro atoms. The van der Waals surface area contributed by atoms with Crippen molar-refractivity contribution in [1.82, 2.24) is 5.32 Å². The molecule has 1 heterocycles. The van der Waals surface area contributed by atoms with Crippen LogP contribution in [0, 0.1) is 5.92 Å². The first-order valence-corrected chi connectivity index (χ1v) is 7.60. The number of hydrogen-bond donors (Lipinski definition) is 1. The lowest BCUT2D eigenvalue weighted by Crippen LogP contribution is -2.39. The van der Waals surface area contributed by atoms with Crippen LogP contribution in [0.25, 0.3) is 0 Å². The fraction of sp³-hybridized carbons (Fsp3) is 0.647. The van der Waals surface area contributed by atoms with Gasteiger partial charge in [-0.05, 0) is 47.9 Å². The van der Waals surface area contributed by atoms with Crippen LogP contribution in [-0.4, -0.2) is 12.6 Å². The minimum absolute atomic E-state index is 0.589. The van der Waals surface area contributed by atoms with Crippen molar-refractivity contribution in [3.8, 4) is 5.75 Å². The highest BCUT2D eigenvalue weighted by Crippen LogP contribution is 2.32. The van der Waals surface area contributed by atoms with Gasteiger partial charge in [0.05, 0.1) is 6.61 Å². The second-order valence-electron chi connectivity index (χ2n) is 6.11. The molecule has 1 N–H and O–H groups in total. The van der Waals surface area contributed by atoms with Gasteiger partial charge in [-0.25, -0.2) is 0 Å². The third-order valence-electron chi connectivity index (χ3n) is 3.96. The van der Waals surface area contributed by atoms with Crippen molar-refractivity contribution in [2.45, 2.75) is 59.0 Å². The van der Waals surface area contributed by atoms with Gasteiger partial charge >= 0.3 is 0 Å². The van der Waals surface area contributed by atoms with Gasteiger partial charge in [0.15, 0.2) is 0 Å². The van der Waals surface area contributed by atoms with Gasteiger partial charge in [0.2, 0.25) is 0 Å². The zero-order valence-electron chi connectivity index (χ0n) is 12.7. The van der Waals surface area contributed by atoms with E-state index in [1.807, 2.05) is 0 Å². The van der Waals surface area contributed by atoms with Gasteiger partial charge in [0, 0.05) is 12.6 Å². The Hall–Kier alpha value is -1.02. The van der Waals surface area contributed by atoms with Gasteiger partial charge in [-0.1, -0.05) is 33.8 Å². The molecule has 1 aromatic rings. The first-order valence-electron chi connectivity index (χ1n) is 7.60. The summed E-state index contributed by atoms with van der Waals surface area (Å²) in [6.07, 6.45) is 2.30. The topological polar surface area (TPSA) is 21.3 Å². The number of hydrogen-bond acceptors (Lipinski definition) is 2. The van der Waals surface area contributed by atoms with Gasteiger partial charge in [-0.3, -0.25) is 0 Å². The number of fused-ring (bicyclic) bond motifs is 1. The van der Waals surface area contributed by atoms with E-state index in [-0.39, 0.29) is 0 Å². The summed E-state index contributed by atoms with van der Waals surface area (Å²) in [6, 6.07) is 7.21. The van der Waals surface area contributed by atoms with Crippen molar-refractivity contribution in [2.75, 3.05) is 6.61 Å². The Morgan fingerprint density at radius 1 is 1.37 bits per heavy atom. The van der Waals surface area contributed by atoms with Gasteiger partial charge in [-0.15, -0.1) is 0 Å². The first-order chi connectivity index (χ1) is 9.11. The van der Waals surface area contributed by atoms with Crippen LogP contribution in [-0.2, 0) is 6.54 Å². The lowest BCUT2D eigenvalue weighted by atomic mass is 9.82. The summed E-state index contributed by atoms with van der Waals surface area (Å²) < 4.78 is 5.72. The maximum Gasteiger partial charge on any atom is 0.119 e. The Morgan fingerprint density at radius 3 is 2.84 bits per heavy atom. The van der Waals surface area contributed by atoms with Crippen molar-refractivity contribution in [3.63, 3.8) is 0 Å². The second-order valence-corrected chi connectivity index (χ2v) is 6.11. The molecule has 2 heteroatoms. The summed E-state index contributed by atoms with van der Waals surface area (Å²) in [4.78, 5) is 0. The van der Waals surface area contributed by atoms with Gasteiger partial charge < -0.3 is 10.1 Å². The van der Waals surface area contributed by atoms with Crippen LogP contribution in [0.1, 0.15) is 57.6 Å². The SMILES string of the molecule is CCCOc1ccc2c(c1)CNC(CC(C)C)C2C. The Labute approximate surface area is 117 Å². The van der Waals surface area contributed by atoms with Gasteiger partial charge in [0.1, 0.15) is 5.75 Å². The highest BCUT2D eigenvalue weighted by atomic mass is 16.5. The quantitative estimate of drug-likeness (QED) is 0.861. The molecule has 1 aliphatic rings. The first kappa shape index (κ1) is 14.4. The lowest BCUT2D eigenvalue weighted by molar-refractivity contribution is 0.314. The summed E-state index contributed by atoms with van der Waals surface area (Å²) in [6.45, 7) is 10.8. The average molecular weight is 261 g/mol. The van der Waals surface area contributed by atoms with Crippen molar-refractivity contribution < 1.29 is 4.74 Å². The van der Waals surface area contributed by atoms with Crippen molar-refractivity contribution in [2.24, 2.45) is 5.92 Å². The molecule has 2 rings (SSSR count).